The molecule has 0 aliphatic heterocycles. The van der Waals surface area contributed by atoms with Crippen LogP contribution in [-0.2, 0) is 11.2 Å². The molecule has 5 nitrogen and oxygen atoms in total. The fraction of sp³-hybridized carbons (Fsp3) is 0.273. The molecular weight excluding hydrogens is 340 g/mol. The molecule has 3 rings (SSSR count). The average Bonchev–Trinajstić information content (AvgIpc) is 2.66. The Labute approximate surface area is 158 Å². The molecule has 0 fully saturated rings. The van der Waals surface area contributed by atoms with Crippen LogP contribution in [0.25, 0.3) is 10.9 Å². The number of pyridine rings is 1. The normalized spacial score (nSPS) is 12.0. The predicted octanol–water partition coefficient (Wildman–Crippen LogP) is 3.27. The van der Waals surface area contributed by atoms with Crippen LogP contribution >= 0.6 is 0 Å². The van der Waals surface area contributed by atoms with Gasteiger partial charge in [-0.15, -0.1) is 0 Å². The second-order valence-corrected chi connectivity index (χ2v) is 6.71. The lowest BCUT2D eigenvalue weighted by molar-refractivity contribution is -0.127. The summed E-state index contributed by atoms with van der Waals surface area (Å²) in [6, 6.07) is 15.2. The molecule has 0 aliphatic rings. The van der Waals surface area contributed by atoms with Gasteiger partial charge in [0.2, 0.25) is 0 Å². The minimum Gasteiger partial charge on any atom is -0.481 e. The number of nitrogens with one attached hydrogen (secondary N) is 2. The Balaban J connectivity index is 1.61. The third-order valence-electron chi connectivity index (χ3n) is 4.75. The SMILES string of the molecule is Cc1ccc2cc(CCNC(=O)[C@H](C)Oc3ccccc3)c(=O)[nH]c2c1C. The zero-order chi connectivity index (χ0) is 19.4. The van der Waals surface area contributed by atoms with Crippen molar-refractivity contribution < 1.29 is 9.53 Å². The van der Waals surface area contributed by atoms with Gasteiger partial charge in [0.15, 0.2) is 6.10 Å². The molecule has 0 spiro atoms. The number of rotatable bonds is 6. The molecule has 0 unspecified atom stereocenters. The number of fused-ring (bicyclic) bond motifs is 1. The zero-order valence-corrected chi connectivity index (χ0v) is 15.8. The van der Waals surface area contributed by atoms with Gasteiger partial charge in [0, 0.05) is 12.1 Å². The monoisotopic (exact) mass is 364 g/mol. The lowest BCUT2D eigenvalue weighted by Gasteiger charge is -2.14. The van der Waals surface area contributed by atoms with E-state index in [-0.39, 0.29) is 11.5 Å². The lowest BCUT2D eigenvalue weighted by atomic mass is 10.0. The fourth-order valence-electron chi connectivity index (χ4n) is 2.98. The van der Waals surface area contributed by atoms with Crippen LogP contribution in [0.1, 0.15) is 23.6 Å². The maximum absolute atomic E-state index is 12.4. The van der Waals surface area contributed by atoms with Crippen molar-refractivity contribution in [3.8, 4) is 5.75 Å². The molecule has 1 amide bonds. The van der Waals surface area contributed by atoms with Crippen molar-refractivity contribution in [3.63, 3.8) is 0 Å². The molecule has 140 valence electrons. The van der Waals surface area contributed by atoms with Crippen LogP contribution in [0.5, 0.6) is 5.75 Å². The number of para-hydroxylation sites is 1. The maximum atomic E-state index is 12.4. The first-order chi connectivity index (χ1) is 13.0. The van der Waals surface area contributed by atoms with E-state index in [2.05, 4.69) is 10.3 Å². The number of H-pyrrole nitrogens is 1. The number of hydrogen-bond donors (Lipinski definition) is 2. The van der Waals surface area contributed by atoms with Gasteiger partial charge in [-0.2, -0.15) is 0 Å². The summed E-state index contributed by atoms with van der Waals surface area (Å²) in [4.78, 5) is 27.5. The number of aromatic amines is 1. The number of carbonyl (C=O) groups excluding carboxylic acids is 1. The fourth-order valence-corrected chi connectivity index (χ4v) is 2.98. The van der Waals surface area contributed by atoms with Crippen molar-refractivity contribution in [2.45, 2.75) is 33.3 Å². The van der Waals surface area contributed by atoms with E-state index in [1.54, 1.807) is 6.92 Å². The first-order valence-electron chi connectivity index (χ1n) is 9.07. The van der Waals surface area contributed by atoms with Crippen molar-refractivity contribution in [2.75, 3.05) is 6.54 Å². The molecular formula is C22H24N2O3. The van der Waals surface area contributed by atoms with Crippen molar-refractivity contribution in [1.82, 2.24) is 10.3 Å². The van der Waals surface area contributed by atoms with Crippen LogP contribution in [0.15, 0.2) is 53.3 Å². The average molecular weight is 364 g/mol. The second-order valence-electron chi connectivity index (χ2n) is 6.71. The van der Waals surface area contributed by atoms with Gasteiger partial charge in [-0.25, -0.2) is 0 Å². The highest BCUT2D eigenvalue weighted by atomic mass is 16.5. The third kappa shape index (κ3) is 4.37. The van der Waals surface area contributed by atoms with E-state index in [0.717, 1.165) is 22.0 Å². The Morgan fingerprint density at radius 1 is 1.15 bits per heavy atom. The van der Waals surface area contributed by atoms with Gasteiger partial charge in [-0.3, -0.25) is 9.59 Å². The minimum atomic E-state index is -0.604. The highest BCUT2D eigenvalue weighted by Crippen LogP contribution is 2.19. The third-order valence-corrected chi connectivity index (χ3v) is 4.75. The van der Waals surface area contributed by atoms with Crippen molar-refractivity contribution in [1.29, 1.82) is 0 Å². The molecule has 5 heteroatoms. The standard InChI is InChI=1S/C22H24N2O3/c1-14-9-10-17-13-18(22(26)24-20(17)15(14)2)11-12-23-21(25)16(3)27-19-7-5-4-6-8-19/h4-10,13,16H,11-12H2,1-3H3,(H,23,25)(H,24,26)/t16-/m0/s1. The van der Waals surface area contributed by atoms with E-state index in [0.29, 0.717) is 24.3 Å². The molecule has 0 saturated heterocycles. The summed E-state index contributed by atoms with van der Waals surface area (Å²) in [7, 11) is 0. The molecule has 1 atom stereocenters. The Kier molecular flexibility index (Phi) is 5.60. The van der Waals surface area contributed by atoms with Crippen LogP contribution in [0.3, 0.4) is 0 Å². The highest BCUT2D eigenvalue weighted by molar-refractivity contribution is 5.83. The van der Waals surface area contributed by atoms with Gasteiger partial charge in [-0.05, 0) is 61.9 Å². The summed E-state index contributed by atoms with van der Waals surface area (Å²) >= 11 is 0. The van der Waals surface area contributed by atoms with Crippen LogP contribution in [0, 0.1) is 13.8 Å². The molecule has 2 aromatic carbocycles. The lowest BCUT2D eigenvalue weighted by Crippen LogP contribution is -2.37. The minimum absolute atomic E-state index is 0.112. The quantitative estimate of drug-likeness (QED) is 0.705. The van der Waals surface area contributed by atoms with Gasteiger partial charge < -0.3 is 15.0 Å². The van der Waals surface area contributed by atoms with E-state index >= 15 is 0 Å². The maximum Gasteiger partial charge on any atom is 0.260 e. The zero-order valence-electron chi connectivity index (χ0n) is 15.8. The second kappa shape index (κ2) is 8.08. The van der Waals surface area contributed by atoms with E-state index in [1.165, 1.54) is 0 Å². The molecule has 0 bridgehead atoms. The molecule has 0 aliphatic carbocycles. The van der Waals surface area contributed by atoms with Crippen molar-refractivity contribution >= 4 is 16.8 Å². The van der Waals surface area contributed by atoms with Gasteiger partial charge in [0.1, 0.15) is 5.75 Å². The molecule has 1 aromatic heterocycles. The van der Waals surface area contributed by atoms with E-state index in [9.17, 15) is 9.59 Å². The number of aryl methyl sites for hydroxylation is 2. The molecule has 27 heavy (non-hydrogen) atoms. The topological polar surface area (TPSA) is 71.2 Å². The van der Waals surface area contributed by atoms with Crippen LogP contribution < -0.4 is 15.6 Å². The summed E-state index contributed by atoms with van der Waals surface area (Å²) in [6.45, 7) is 6.11. The number of aromatic nitrogens is 1. The molecule has 0 radical (unpaired) electrons. The van der Waals surface area contributed by atoms with Crippen molar-refractivity contribution in [3.05, 3.63) is 75.6 Å². The largest absolute Gasteiger partial charge is 0.481 e. The number of carbonyl (C=O) groups is 1. The number of benzene rings is 2. The van der Waals surface area contributed by atoms with Crippen LogP contribution in [-0.4, -0.2) is 23.5 Å². The van der Waals surface area contributed by atoms with E-state index < -0.39 is 6.10 Å². The van der Waals surface area contributed by atoms with Gasteiger partial charge in [0.05, 0.1) is 5.52 Å². The van der Waals surface area contributed by atoms with E-state index in [4.69, 9.17) is 4.74 Å². The van der Waals surface area contributed by atoms with Gasteiger partial charge in [0.25, 0.3) is 11.5 Å². The van der Waals surface area contributed by atoms with Crippen LogP contribution in [0.2, 0.25) is 0 Å². The molecule has 2 N–H and O–H groups in total. The number of hydrogen-bond acceptors (Lipinski definition) is 3. The summed E-state index contributed by atoms with van der Waals surface area (Å²) < 4.78 is 5.60. The number of ether oxygens (including phenoxy) is 1. The Morgan fingerprint density at radius 2 is 1.89 bits per heavy atom. The summed E-state index contributed by atoms with van der Waals surface area (Å²) in [5.41, 5.74) is 3.64. The highest BCUT2D eigenvalue weighted by Gasteiger charge is 2.14. The Hall–Kier alpha value is -3.08. The van der Waals surface area contributed by atoms with Gasteiger partial charge >= 0.3 is 0 Å². The Bertz CT molecular complexity index is 1010. The smallest absolute Gasteiger partial charge is 0.260 e. The van der Waals surface area contributed by atoms with Gasteiger partial charge in [-0.1, -0.05) is 30.3 Å². The first-order valence-corrected chi connectivity index (χ1v) is 9.07. The summed E-state index contributed by atoms with van der Waals surface area (Å²) in [5, 5.41) is 3.83. The summed E-state index contributed by atoms with van der Waals surface area (Å²) in [5.74, 6) is 0.444. The number of amides is 1. The predicted molar refractivity (Wildman–Crippen MR) is 107 cm³/mol. The van der Waals surface area contributed by atoms with Crippen LogP contribution in [0.4, 0.5) is 0 Å². The Morgan fingerprint density at radius 3 is 2.63 bits per heavy atom. The molecule has 0 saturated carbocycles. The molecule has 1 heterocycles. The van der Waals surface area contributed by atoms with E-state index in [1.807, 2.05) is 62.4 Å². The van der Waals surface area contributed by atoms with Crippen molar-refractivity contribution in [2.24, 2.45) is 0 Å². The summed E-state index contributed by atoms with van der Waals surface area (Å²) in [6.07, 6.45) is -0.143. The molecule has 3 aromatic rings. The first kappa shape index (κ1) is 18.7.